The zero-order valence-electron chi connectivity index (χ0n) is 18.3. The van der Waals surface area contributed by atoms with Gasteiger partial charge in [-0.2, -0.15) is 0 Å². The van der Waals surface area contributed by atoms with Gasteiger partial charge < -0.3 is 25.1 Å². The van der Waals surface area contributed by atoms with Gasteiger partial charge in [0.1, 0.15) is 18.9 Å². The van der Waals surface area contributed by atoms with Crippen LogP contribution >= 0.6 is 0 Å². The van der Waals surface area contributed by atoms with Crippen molar-refractivity contribution in [2.75, 3.05) is 0 Å². The number of H-pyrrole nitrogens is 1. The molecule has 2 amide bonds. The fourth-order valence-electron chi connectivity index (χ4n) is 3.54. The number of carbonyl (C=O) groups excluding carboxylic acids is 3. The molecule has 1 unspecified atom stereocenters. The molecule has 0 spiro atoms. The second-order valence-corrected chi connectivity index (χ2v) is 7.88. The van der Waals surface area contributed by atoms with Crippen LogP contribution in [0.3, 0.4) is 0 Å². The number of para-hydroxylation sites is 1. The lowest BCUT2D eigenvalue weighted by atomic mass is 9.97. The van der Waals surface area contributed by atoms with Crippen LogP contribution in [0.5, 0.6) is 0 Å². The van der Waals surface area contributed by atoms with Gasteiger partial charge in [0.2, 0.25) is 5.91 Å². The highest BCUT2D eigenvalue weighted by molar-refractivity contribution is 5.88. The van der Waals surface area contributed by atoms with Crippen molar-refractivity contribution in [2.24, 2.45) is 5.92 Å². The van der Waals surface area contributed by atoms with Gasteiger partial charge in [0, 0.05) is 23.5 Å². The Morgan fingerprint density at radius 3 is 2.50 bits per heavy atom. The summed E-state index contributed by atoms with van der Waals surface area (Å²) >= 11 is 0. The average Bonchev–Trinajstić information content (AvgIpc) is 3.23. The number of carbonyl (C=O) groups is 3. The minimum atomic E-state index is -0.811. The van der Waals surface area contributed by atoms with Crippen LogP contribution in [0.1, 0.15) is 31.4 Å². The second-order valence-electron chi connectivity index (χ2n) is 7.88. The van der Waals surface area contributed by atoms with Crippen molar-refractivity contribution in [3.63, 3.8) is 0 Å². The molecule has 0 saturated heterocycles. The van der Waals surface area contributed by atoms with Gasteiger partial charge in [0.05, 0.1) is 6.04 Å². The van der Waals surface area contributed by atoms with Crippen molar-refractivity contribution in [1.82, 2.24) is 15.6 Å². The van der Waals surface area contributed by atoms with Crippen molar-refractivity contribution >= 4 is 29.2 Å². The van der Waals surface area contributed by atoms with E-state index in [4.69, 9.17) is 4.74 Å². The van der Waals surface area contributed by atoms with E-state index < -0.39 is 24.1 Å². The van der Waals surface area contributed by atoms with E-state index in [1.807, 2.05) is 74.6 Å². The lowest BCUT2D eigenvalue weighted by molar-refractivity contribution is -0.126. The van der Waals surface area contributed by atoms with E-state index in [9.17, 15) is 14.4 Å². The molecule has 3 aromatic rings. The van der Waals surface area contributed by atoms with Crippen LogP contribution in [0.15, 0.2) is 60.8 Å². The fraction of sp³-hybridized carbons (Fsp3) is 0.320. The molecule has 168 valence electrons. The smallest absolute Gasteiger partial charge is 0.408 e. The monoisotopic (exact) mass is 435 g/mol. The lowest BCUT2D eigenvalue weighted by Gasteiger charge is -2.25. The van der Waals surface area contributed by atoms with Crippen molar-refractivity contribution in [3.05, 3.63) is 71.9 Å². The highest BCUT2D eigenvalue weighted by atomic mass is 16.5. The van der Waals surface area contributed by atoms with Gasteiger partial charge in [-0.1, -0.05) is 68.8 Å². The maximum atomic E-state index is 13.0. The van der Waals surface area contributed by atoms with Crippen LogP contribution in [0.4, 0.5) is 4.79 Å². The SMILES string of the molecule is CCC(C)[C@H](NC(=O)OCc1ccccc1)C(=O)N[C@@H](C=O)Cc1c[nH]c2ccccc12. The van der Waals surface area contributed by atoms with Crippen LogP contribution in [0.25, 0.3) is 10.9 Å². The van der Waals surface area contributed by atoms with Crippen LogP contribution in [-0.2, 0) is 27.4 Å². The van der Waals surface area contributed by atoms with E-state index in [0.29, 0.717) is 12.8 Å². The molecule has 32 heavy (non-hydrogen) atoms. The molecular formula is C25H29N3O4. The van der Waals surface area contributed by atoms with Crippen LogP contribution in [0.2, 0.25) is 0 Å². The number of ether oxygens (including phenoxy) is 1. The van der Waals surface area contributed by atoms with E-state index in [2.05, 4.69) is 15.6 Å². The minimum absolute atomic E-state index is 0.110. The zero-order chi connectivity index (χ0) is 22.9. The molecule has 0 fully saturated rings. The summed E-state index contributed by atoms with van der Waals surface area (Å²) in [6, 6.07) is 15.6. The Bertz CT molecular complexity index is 1050. The standard InChI is InChI=1S/C25H29N3O4/c1-3-17(2)23(28-25(31)32-16-18-9-5-4-6-10-18)24(30)27-20(15-29)13-19-14-26-22-12-8-7-11-21(19)22/h4-12,14-15,17,20,23,26H,3,13,16H2,1-2H3,(H,27,30)(H,28,31)/t17?,20-,23+/m1/s1. The molecule has 3 rings (SSSR count). The number of hydrogen-bond acceptors (Lipinski definition) is 4. The lowest BCUT2D eigenvalue weighted by Crippen LogP contribution is -2.53. The second kappa shape index (κ2) is 11.1. The molecule has 2 aromatic carbocycles. The molecule has 0 bridgehead atoms. The predicted octanol–water partition coefficient (Wildman–Crippen LogP) is 3.74. The molecule has 3 N–H and O–H groups in total. The first kappa shape index (κ1) is 23.1. The summed E-state index contributed by atoms with van der Waals surface area (Å²) in [6.07, 6.45) is 2.92. The third kappa shape index (κ3) is 5.97. The van der Waals surface area contributed by atoms with E-state index in [1.54, 1.807) is 0 Å². The highest BCUT2D eigenvalue weighted by Gasteiger charge is 2.28. The van der Waals surface area contributed by atoms with Crippen LogP contribution in [0, 0.1) is 5.92 Å². The maximum absolute atomic E-state index is 13.0. The normalized spacial score (nSPS) is 13.7. The number of rotatable bonds is 10. The molecule has 0 aliphatic heterocycles. The van der Waals surface area contributed by atoms with Gasteiger partial charge in [0.15, 0.2) is 0 Å². The summed E-state index contributed by atoms with van der Waals surface area (Å²) in [7, 11) is 0. The quantitative estimate of drug-likeness (QED) is 0.423. The third-order valence-corrected chi connectivity index (χ3v) is 5.59. The number of aldehydes is 1. The van der Waals surface area contributed by atoms with Gasteiger partial charge in [0.25, 0.3) is 0 Å². The van der Waals surface area contributed by atoms with Gasteiger partial charge in [-0.15, -0.1) is 0 Å². The van der Waals surface area contributed by atoms with Crippen molar-refractivity contribution in [3.8, 4) is 0 Å². The predicted molar refractivity (Wildman–Crippen MR) is 123 cm³/mol. The molecule has 0 saturated carbocycles. The average molecular weight is 436 g/mol. The molecule has 3 atom stereocenters. The molecule has 0 aliphatic carbocycles. The van der Waals surface area contributed by atoms with Crippen molar-refractivity contribution in [2.45, 2.75) is 45.4 Å². The number of fused-ring (bicyclic) bond motifs is 1. The summed E-state index contributed by atoms with van der Waals surface area (Å²) in [5.41, 5.74) is 2.76. The summed E-state index contributed by atoms with van der Waals surface area (Å²) < 4.78 is 5.26. The molecule has 0 radical (unpaired) electrons. The van der Waals surface area contributed by atoms with Crippen molar-refractivity contribution in [1.29, 1.82) is 0 Å². The summed E-state index contributed by atoms with van der Waals surface area (Å²) in [5, 5.41) is 6.44. The van der Waals surface area contributed by atoms with Gasteiger partial charge in [-0.05, 0) is 23.1 Å². The fourth-order valence-corrected chi connectivity index (χ4v) is 3.54. The van der Waals surface area contributed by atoms with Crippen LogP contribution < -0.4 is 10.6 Å². The number of hydrogen-bond donors (Lipinski definition) is 3. The number of aromatic amines is 1. The van der Waals surface area contributed by atoms with Crippen molar-refractivity contribution < 1.29 is 19.1 Å². The minimum Gasteiger partial charge on any atom is -0.445 e. The summed E-state index contributed by atoms with van der Waals surface area (Å²) in [4.78, 5) is 40.2. The number of benzene rings is 2. The van der Waals surface area contributed by atoms with E-state index in [-0.39, 0.29) is 12.5 Å². The maximum Gasteiger partial charge on any atom is 0.408 e. The number of amides is 2. The summed E-state index contributed by atoms with van der Waals surface area (Å²) in [5.74, 6) is -0.549. The Morgan fingerprint density at radius 1 is 1.06 bits per heavy atom. The first-order valence-corrected chi connectivity index (χ1v) is 10.8. The highest BCUT2D eigenvalue weighted by Crippen LogP contribution is 2.19. The first-order valence-electron chi connectivity index (χ1n) is 10.8. The Hall–Kier alpha value is -3.61. The van der Waals surface area contributed by atoms with Gasteiger partial charge in [-0.3, -0.25) is 4.79 Å². The molecule has 1 heterocycles. The zero-order valence-corrected chi connectivity index (χ0v) is 18.3. The molecule has 7 heteroatoms. The number of alkyl carbamates (subject to hydrolysis) is 1. The Kier molecular flexibility index (Phi) is 8.02. The molecule has 0 aliphatic rings. The Morgan fingerprint density at radius 2 is 1.78 bits per heavy atom. The molecular weight excluding hydrogens is 406 g/mol. The van der Waals surface area contributed by atoms with Gasteiger partial charge in [-0.25, -0.2) is 4.79 Å². The summed E-state index contributed by atoms with van der Waals surface area (Å²) in [6.45, 7) is 3.92. The third-order valence-electron chi connectivity index (χ3n) is 5.59. The van der Waals surface area contributed by atoms with Crippen LogP contribution in [-0.4, -0.2) is 35.4 Å². The number of nitrogens with one attached hydrogen (secondary N) is 3. The van der Waals surface area contributed by atoms with E-state index in [1.165, 1.54) is 0 Å². The van der Waals surface area contributed by atoms with E-state index >= 15 is 0 Å². The molecule has 1 aromatic heterocycles. The largest absolute Gasteiger partial charge is 0.445 e. The molecule has 7 nitrogen and oxygen atoms in total. The topological polar surface area (TPSA) is 100 Å². The number of aromatic nitrogens is 1. The van der Waals surface area contributed by atoms with Gasteiger partial charge >= 0.3 is 6.09 Å². The Balaban J connectivity index is 1.62. The first-order chi connectivity index (χ1) is 15.5. The Labute approximate surface area is 187 Å². The van der Waals surface area contributed by atoms with E-state index in [0.717, 1.165) is 28.3 Å².